The highest BCUT2D eigenvalue weighted by Crippen LogP contribution is 2.31. The Morgan fingerprint density at radius 2 is 1.72 bits per heavy atom. The van der Waals surface area contributed by atoms with Crippen LogP contribution in [0.3, 0.4) is 0 Å². The fourth-order valence-electron chi connectivity index (χ4n) is 2.36. The lowest BCUT2D eigenvalue weighted by Gasteiger charge is -2.09. The Labute approximate surface area is 167 Å². The summed E-state index contributed by atoms with van der Waals surface area (Å²) in [6, 6.07) is 9.95. The predicted octanol–water partition coefficient (Wildman–Crippen LogP) is 4.78. The number of carbonyl (C=O) groups excluding carboxylic acids is 2. The molecular weight excluding hydrogens is 409 g/mol. The van der Waals surface area contributed by atoms with Crippen molar-refractivity contribution in [2.24, 2.45) is 0 Å². The lowest BCUT2D eigenvalue weighted by Crippen LogP contribution is -2.34. The molecule has 0 radical (unpaired) electrons. The van der Waals surface area contributed by atoms with Crippen LogP contribution in [-0.4, -0.2) is 21.9 Å². The first-order valence-electron chi connectivity index (χ1n) is 8.10. The summed E-state index contributed by atoms with van der Waals surface area (Å²) in [7, 11) is 0. The van der Waals surface area contributed by atoms with Crippen molar-refractivity contribution >= 4 is 29.4 Å². The Bertz CT molecular complexity index is 1060. The molecule has 0 atom stereocenters. The summed E-state index contributed by atoms with van der Waals surface area (Å²) in [5.41, 5.74) is -0.279. The maximum atomic E-state index is 12.8. The van der Waals surface area contributed by atoms with E-state index in [1.165, 1.54) is 30.5 Å². The number of rotatable bonds is 3. The number of urea groups is 1. The van der Waals surface area contributed by atoms with Gasteiger partial charge in [0.25, 0.3) is 5.91 Å². The van der Waals surface area contributed by atoms with Crippen molar-refractivity contribution in [3.05, 3.63) is 77.1 Å². The second kappa shape index (κ2) is 8.27. The molecule has 1 heterocycles. The highest BCUT2D eigenvalue weighted by atomic mass is 35.5. The molecule has 0 unspecified atom stereocenters. The quantitative estimate of drug-likeness (QED) is 0.638. The van der Waals surface area contributed by atoms with Gasteiger partial charge in [0.05, 0.1) is 34.2 Å². The maximum Gasteiger partial charge on any atom is 0.416 e. The third-order valence-electron chi connectivity index (χ3n) is 3.72. The summed E-state index contributed by atoms with van der Waals surface area (Å²) >= 11 is 5.89. The van der Waals surface area contributed by atoms with Gasteiger partial charge in [-0.25, -0.2) is 9.78 Å². The van der Waals surface area contributed by atoms with E-state index in [9.17, 15) is 22.8 Å². The number of nitrogens with one attached hydrogen (secondary N) is 2. The Balaban J connectivity index is 1.67. The number of imide groups is 1. The summed E-state index contributed by atoms with van der Waals surface area (Å²) in [5.74, 6) is -0.702. The Kier molecular flexibility index (Phi) is 5.79. The third-order valence-corrected chi connectivity index (χ3v) is 4.05. The van der Waals surface area contributed by atoms with Gasteiger partial charge in [0, 0.05) is 5.56 Å². The lowest BCUT2D eigenvalue weighted by atomic mass is 10.1. The maximum absolute atomic E-state index is 12.8. The van der Waals surface area contributed by atoms with Gasteiger partial charge in [-0.3, -0.25) is 20.4 Å². The van der Waals surface area contributed by atoms with Crippen LogP contribution in [0.4, 0.5) is 23.8 Å². The summed E-state index contributed by atoms with van der Waals surface area (Å²) < 4.78 is 38.5. The minimum Gasteiger partial charge on any atom is -0.291 e. The van der Waals surface area contributed by atoms with Crippen molar-refractivity contribution in [1.29, 1.82) is 0 Å². The molecule has 3 aromatic rings. The van der Waals surface area contributed by atoms with E-state index < -0.39 is 23.7 Å². The van der Waals surface area contributed by atoms with E-state index in [2.05, 4.69) is 20.6 Å². The number of hydrogen-bond acceptors (Lipinski definition) is 4. The minimum absolute atomic E-state index is 0.00480. The molecule has 0 spiro atoms. The molecule has 1 aromatic heterocycles. The predicted molar refractivity (Wildman–Crippen MR) is 100 cm³/mol. The number of alkyl halides is 3. The van der Waals surface area contributed by atoms with E-state index in [1.54, 1.807) is 12.1 Å². The number of nitrogens with zero attached hydrogens (tertiary/aromatic N) is 2. The molecule has 0 aliphatic heterocycles. The van der Waals surface area contributed by atoms with Crippen LogP contribution in [-0.2, 0) is 6.18 Å². The monoisotopic (exact) mass is 420 g/mol. The molecule has 2 aromatic carbocycles. The van der Waals surface area contributed by atoms with Crippen molar-refractivity contribution in [3.63, 3.8) is 0 Å². The molecule has 148 valence electrons. The molecule has 0 bridgehead atoms. The van der Waals surface area contributed by atoms with Gasteiger partial charge in [-0.1, -0.05) is 35.9 Å². The smallest absolute Gasteiger partial charge is 0.291 e. The van der Waals surface area contributed by atoms with Crippen LogP contribution in [0.2, 0.25) is 5.02 Å². The molecule has 10 heteroatoms. The zero-order chi connectivity index (χ0) is 21.0. The fourth-order valence-corrected chi connectivity index (χ4v) is 2.58. The van der Waals surface area contributed by atoms with Gasteiger partial charge in [-0.05, 0) is 24.3 Å². The van der Waals surface area contributed by atoms with E-state index >= 15 is 0 Å². The van der Waals surface area contributed by atoms with Crippen molar-refractivity contribution in [1.82, 2.24) is 15.3 Å². The van der Waals surface area contributed by atoms with Gasteiger partial charge in [-0.15, -0.1) is 0 Å². The fraction of sp³-hybridized carbons (Fsp3) is 0.0526. The zero-order valence-corrected chi connectivity index (χ0v) is 15.3. The molecule has 0 aliphatic rings. The van der Waals surface area contributed by atoms with Gasteiger partial charge in [0.1, 0.15) is 0 Å². The first-order chi connectivity index (χ1) is 13.7. The summed E-state index contributed by atoms with van der Waals surface area (Å²) in [6.45, 7) is 0. The minimum atomic E-state index is -4.47. The third kappa shape index (κ3) is 5.08. The number of benzene rings is 2. The van der Waals surface area contributed by atoms with Crippen LogP contribution in [0, 0.1) is 0 Å². The van der Waals surface area contributed by atoms with E-state index in [4.69, 9.17) is 11.6 Å². The molecule has 0 saturated carbocycles. The molecule has 3 amide bonds. The molecule has 29 heavy (non-hydrogen) atoms. The van der Waals surface area contributed by atoms with Crippen LogP contribution in [0.1, 0.15) is 15.9 Å². The summed E-state index contributed by atoms with van der Waals surface area (Å²) in [6.07, 6.45) is -2.10. The summed E-state index contributed by atoms with van der Waals surface area (Å²) in [4.78, 5) is 31.9. The van der Waals surface area contributed by atoms with Gasteiger partial charge in [0.2, 0.25) is 0 Å². The lowest BCUT2D eigenvalue weighted by molar-refractivity contribution is -0.137. The highest BCUT2D eigenvalue weighted by Gasteiger charge is 2.30. The van der Waals surface area contributed by atoms with Crippen LogP contribution in [0.5, 0.6) is 0 Å². The molecule has 0 aliphatic carbocycles. The normalized spacial score (nSPS) is 11.0. The Morgan fingerprint density at radius 1 is 0.966 bits per heavy atom. The van der Waals surface area contributed by atoms with Crippen LogP contribution in [0.15, 0.2) is 60.9 Å². The second-order valence-electron chi connectivity index (χ2n) is 5.75. The topological polar surface area (TPSA) is 84.0 Å². The number of hydrogen-bond donors (Lipinski definition) is 2. The SMILES string of the molecule is O=C(NC(=O)c1ccccc1Cl)Nc1cnc(-c2cccc(C(F)(F)F)c2)cn1. The molecule has 6 nitrogen and oxygen atoms in total. The molecule has 0 fully saturated rings. The number of carbonyl (C=O) groups is 2. The largest absolute Gasteiger partial charge is 0.416 e. The van der Waals surface area contributed by atoms with E-state index in [-0.39, 0.29) is 27.7 Å². The average molecular weight is 421 g/mol. The second-order valence-corrected chi connectivity index (χ2v) is 6.16. The van der Waals surface area contributed by atoms with Gasteiger partial charge in [0.15, 0.2) is 5.82 Å². The van der Waals surface area contributed by atoms with E-state index in [0.717, 1.165) is 18.3 Å². The number of halogens is 4. The number of aromatic nitrogens is 2. The van der Waals surface area contributed by atoms with Crippen molar-refractivity contribution in [3.8, 4) is 11.3 Å². The van der Waals surface area contributed by atoms with Crippen molar-refractivity contribution in [2.75, 3.05) is 5.32 Å². The van der Waals surface area contributed by atoms with Gasteiger partial charge >= 0.3 is 12.2 Å². The summed E-state index contributed by atoms with van der Waals surface area (Å²) in [5, 5.41) is 4.58. The van der Waals surface area contributed by atoms with Gasteiger partial charge in [-0.2, -0.15) is 13.2 Å². The van der Waals surface area contributed by atoms with Gasteiger partial charge < -0.3 is 0 Å². The zero-order valence-electron chi connectivity index (χ0n) is 14.5. The number of anilines is 1. The molecule has 2 N–H and O–H groups in total. The van der Waals surface area contributed by atoms with E-state index in [0.29, 0.717) is 0 Å². The first kappa shape index (κ1) is 20.3. The van der Waals surface area contributed by atoms with Crippen LogP contribution in [0.25, 0.3) is 11.3 Å². The van der Waals surface area contributed by atoms with Crippen LogP contribution < -0.4 is 10.6 Å². The van der Waals surface area contributed by atoms with Crippen LogP contribution >= 0.6 is 11.6 Å². The first-order valence-corrected chi connectivity index (χ1v) is 8.48. The highest BCUT2D eigenvalue weighted by molar-refractivity contribution is 6.34. The Morgan fingerprint density at radius 3 is 2.38 bits per heavy atom. The molecule has 3 rings (SSSR count). The number of amides is 3. The Hall–Kier alpha value is -3.46. The van der Waals surface area contributed by atoms with Crippen molar-refractivity contribution < 1.29 is 22.8 Å². The molecule has 0 saturated heterocycles. The average Bonchev–Trinajstić information content (AvgIpc) is 2.68. The van der Waals surface area contributed by atoms with E-state index in [1.807, 2.05) is 0 Å². The standard InChI is InChI=1S/C19H12ClF3N4O2/c20-14-7-2-1-6-13(14)17(28)27-18(29)26-16-10-24-15(9-25-16)11-4-3-5-12(8-11)19(21,22)23/h1-10H,(H2,25,26,27,28,29). The van der Waals surface area contributed by atoms with Crippen molar-refractivity contribution in [2.45, 2.75) is 6.18 Å². The molecular formula is C19H12ClF3N4O2.